The van der Waals surface area contributed by atoms with Crippen LogP contribution in [0.25, 0.3) is 5.70 Å². The third kappa shape index (κ3) is 4.85. The van der Waals surface area contributed by atoms with E-state index in [9.17, 15) is 4.79 Å². The van der Waals surface area contributed by atoms with Gasteiger partial charge in [-0.25, -0.2) is 0 Å². The van der Waals surface area contributed by atoms with E-state index in [-0.39, 0.29) is 11.5 Å². The zero-order valence-electron chi connectivity index (χ0n) is 13.8. The van der Waals surface area contributed by atoms with Gasteiger partial charge in [0.1, 0.15) is 0 Å². The largest absolute Gasteiger partial charge is 0.396 e. The number of carbonyl (C=O) groups is 1. The molecule has 0 aliphatic rings. The fourth-order valence-corrected chi connectivity index (χ4v) is 1.86. The molecule has 1 rings (SSSR count). The molecule has 0 aromatic heterocycles. The quantitative estimate of drug-likeness (QED) is 0.488. The van der Waals surface area contributed by atoms with Crippen LogP contribution in [0, 0.1) is 13.8 Å². The molecule has 0 fully saturated rings. The van der Waals surface area contributed by atoms with Crippen molar-refractivity contribution in [2.24, 2.45) is 10.7 Å². The Bertz CT molecular complexity index is 664. The number of aliphatic imine (C=N–C) groups is 1. The first-order chi connectivity index (χ1) is 10.4. The molecular formula is C19H24N2O. The van der Waals surface area contributed by atoms with Gasteiger partial charge in [-0.1, -0.05) is 31.7 Å². The Morgan fingerprint density at radius 2 is 2.00 bits per heavy atom. The minimum atomic E-state index is -0.151. The van der Waals surface area contributed by atoms with Crippen LogP contribution in [0.1, 0.15) is 37.0 Å². The Kier molecular flexibility index (Phi) is 6.51. The second-order valence-corrected chi connectivity index (χ2v) is 5.20. The Morgan fingerprint density at radius 3 is 2.50 bits per heavy atom. The van der Waals surface area contributed by atoms with Gasteiger partial charge >= 0.3 is 0 Å². The van der Waals surface area contributed by atoms with Gasteiger partial charge < -0.3 is 5.73 Å². The lowest BCUT2D eigenvalue weighted by molar-refractivity contribution is -0.113. The van der Waals surface area contributed by atoms with Crippen LogP contribution in [0.3, 0.4) is 0 Å². The van der Waals surface area contributed by atoms with E-state index in [0.717, 1.165) is 17.0 Å². The highest BCUT2D eigenvalue weighted by Gasteiger charge is 2.05. The standard InChI is InChI=1S/C19H24N2O/c1-6-8-19(16-10-9-13(3)14(4)11-16)21-17(7-2)12-18(20)15(5)22/h6,8-12H,1,7,20H2,2-5H3/b18-12-,19-8-,21-17-. The van der Waals surface area contributed by atoms with Gasteiger partial charge in [0, 0.05) is 18.2 Å². The molecular weight excluding hydrogens is 272 g/mol. The summed E-state index contributed by atoms with van der Waals surface area (Å²) in [6.07, 6.45) is 5.89. The number of nitrogens with zero attached hydrogens (tertiary/aromatic N) is 1. The molecule has 0 spiro atoms. The number of Topliss-reactive ketones (excluding diaryl/α,β-unsaturated/α-hetero) is 1. The highest BCUT2D eigenvalue weighted by atomic mass is 16.1. The molecule has 0 saturated heterocycles. The Balaban J connectivity index is 3.30. The van der Waals surface area contributed by atoms with Crippen molar-refractivity contribution in [3.05, 3.63) is 65.4 Å². The topological polar surface area (TPSA) is 55.4 Å². The van der Waals surface area contributed by atoms with Crippen LogP contribution in [-0.2, 0) is 4.79 Å². The third-order valence-corrected chi connectivity index (χ3v) is 3.43. The van der Waals surface area contributed by atoms with Crippen LogP contribution in [-0.4, -0.2) is 11.5 Å². The van der Waals surface area contributed by atoms with Gasteiger partial charge in [-0.05, 0) is 49.6 Å². The summed E-state index contributed by atoms with van der Waals surface area (Å²) in [6.45, 7) is 11.3. The maximum absolute atomic E-state index is 11.3. The third-order valence-electron chi connectivity index (χ3n) is 3.43. The number of ketones is 1. The fourth-order valence-electron chi connectivity index (χ4n) is 1.86. The Morgan fingerprint density at radius 1 is 1.32 bits per heavy atom. The molecule has 116 valence electrons. The maximum atomic E-state index is 11.3. The molecule has 3 nitrogen and oxygen atoms in total. The average molecular weight is 296 g/mol. The number of carbonyl (C=O) groups excluding carboxylic acids is 1. The summed E-state index contributed by atoms with van der Waals surface area (Å²) in [5.41, 5.74) is 11.0. The van der Waals surface area contributed by atoms with Crippen molar-refractivity contribution in [1.29, 1.82) is 0 Å². The zero-order chi connectivity index (χ0) is 16.7. The van der Waals surface area contributed by atoms with Gasteiger partial charge in [-0.2, -0.15) is 0 Å². The van der Waals surface area contributed by atoms with Crippen molar-refractivity contribution in [3.8, 4) is 0 Å². The first kappa shape index (κ1) is 17.6. The van der Waals surface area contributed by atoms with E-state index in [1.54, 1.807) is 12.2 Å². The predicted molar refractivity (Wildman–Crippen MR) is 94.8 cm³/mol. The van der Waals surface area contributed by atoms with Crippen LogP contribution in [0.15, 0.2) is 53.7 Å². The van der Waals surface area contributed by atoms with Crippen LogP contribution in [0.5, 0.6) is 0 Å². The van der Waals surface area contributed by atoms with Gasteiger partial charge in [-0.3, -0.25) is 9.79 Å². The molecule has 0 amide bonds. The summed E-state index contributed by atoms with van der Waals surface area (Å²) in [7, 11) is 0. The van der Waals surface area contributed by atoms with E-state index in [1.165, 1.54) is 18.1 Å². The smallest absolute Gasteiger partial charge is 0.175 e. The van der Waals surface area contributed by atoms with E-state index in [4.69, 9.17) is 5.73 Å². The maximum Gasteiger partial charge on any atom is 0.175 e. The molecule has 0 atom stereocenters. The lowest BCUT2D eigenvalue weighted by Crippen LogP contribution is -2.09. The minimum absolute atomic E-state index is 0.151. The van der Waals surface area contributed by atoms with Crippen molar-refractivity contribution in [2.75, 3.05) is 0 Å². The number of hydrogen-bond acceptors (Lipinski definition) is 3. The van der Waals surface area contributed by atoms with E-state index in [0.29, 0.717) is 6.42 Å². The number of aryl methyl sites for hydroxylation is 2. The van der Waals surface area contributed by atoms with E-state index in [2.05, 4.69) is 37.6 Å². The molecule has 0 aliphatic carbocycles. The fraction of sp³-hybridized carbons (Fsp3) is 0.263. The lowest BCUT2D eigenvalue weighted by Gasteiger charge is -2.08. The van der Waals surface area contributed by atoms with Crippen LogP contribution < -0.4 is 5.73 Å². The number of rotatable bonds is 6. The van der Waals surface area contributed by atoms with Crippen molar-refractivity contribution < 1.29 is 4.79 Å². The van der Waals surface area contributed by atoms with E-state index < -0.39 is 0 Å². The van der Waals surface area contributed by atoms with Crippen molar-refractivity contribution in [2.45, 2.75) is 34.1 Å². The van der Waals surface area contributed by atoms with Gasteiger partial charge in [-0.15, -0.1) is 0 Å². The number of benzene rings is 1. The van der Waals surface area contributed by atoms with Gasteiger partial charge in [0.2, 0.25) is 0 Å². The summed E-state index contributed by atoms with van der Waals surface area (Å²) in [5, 5.41) is 0. The predicted octanol–water partition coefficient (Wildman–Crippen LogP) is 4.11. The molecule has 0 unspecified atom stereocenters. The van der Waals surface area contributed by atoms with Crippen molar-refractivity contribution in [1.82, 2.24) is 0 Å². The first-order valence-corrected chi connectivity index (χ1v) is 7.35. The van der Waals surface area contributed by atoms with Gasteiger partial charge in [0.15, 0.2) is 5.78 Å². The molecule has 3 heteroatoms. The number of nitrogens with two attached hydrogens (primary N) is 1. The molecule has 0 radical (unpaired) electrons. The summed E-state index contributed by atoms with van der Waals surface area (Å²) >= 11 is 0. The summed E-state index contributed by atoms with van der Waals surface area (Å²) in [6, 6.07) is 6.20. The molecule has 0 aliphatic heterocycles. The summed E-state index contributed by atoms with van der Waals surface area (Å²) in [4.78, 5) is 15.9. The Hall–Kier alpha value is -2.42. The average Bonchev–Trinajstić information content (AvgIpc) is 2.48. The monoisotopic (exact) mass is 296 g/mol. The number of allylic oxidation sites excluding steroid dienone is 4. The molecule has 0 bridgehead atoms. The van der Waals surface area contributed by atoms with Crippen molar-refractivity contribution >= 4 is 17.2 Å². The molecule has 0 saturated carbocycles. The molecule has 1 aromatic rings. The number of hydrogen-bond donors (Lipinski definition) is 1. The SMILES string of the molecule is C=C\C=C(/N=C(\C=C(/N)C(C)=O)CC)c1ccc(C)c(C)c1. The molecule has 1 aromatic carbocycles. The molecule has 2 N–H and O–H groups in total. The first-order valence-electron chi connectivity index (χ1n) is 7.35. The second-order valence-electron chi connectivity index (χ2n) is 5.20. The Labute approximate surface area is 133 Å². The van der Waals surface area contributed by atoms with E-state index in [1.807, 2.05) is 19.1 Å². The highest BCUT2D eigenvalue weighted by molar-refractivity contribution is 6.05. The van der Waals surface area contributed by atoms with Crippen LogP contribution in [0.2, 0.25) is 0 Å². The normalized spacial score (nSPS) is 13.2. The highest BCUT2D eigenvalue weighted by Crippen LogP contribution is 2.20. The van der Waals surface area contributed by atoms with E-state index >= 15 is 0 Å². The molecule has 22 heavy (non-hydrogen) atoms. The van der Waals surface area contributed by atoms with Crippen LogP contribution >= 0.6 is 0 Å². The van der Waals surface area contributed by atoms with Crippen LogP contribution in [0.4, 0.5) is 0 Å². The second kappa shape index (κ2) is 8.13. The molecule has 0 heterocycles. The van der Waals surface area contributed by atoms with Gasteiger partial charge in [0.05, 0.1) is 11.4 Å². The van der Waals surface area contributed by atoms with Crippen molar-refractivity contribution in [3.63, 3.8) is 0 Å². The summed E-state index contributed by atoms with van der Waals surface area (Å²) in [5.74, 6) is -0.151. The zero-order valence-corrected chi connectivity index (χ0v) is 13.8. The van der Waals surface area contributed by atoms with Gasteiger partial charge in [0.25, 0.3) is 0 Å². The minimum Gasteiger partial charge on any atom is -0.396 e. The lowest BCUT2D eigenvalue weighted by atomic mass is 10.0. The summed E-state index contributed by atoms with van der Waals surface area (Å²) < 4.78 is 0.